The first-order chi connectivity index (χ1) is 8.29. The van der Waals surface area contributed by atoms with Gasteiger partial charge in [0.2, 0.25) is 4.77 Å². The lowest BCUT2D eigenvalue weighted by molar-refractivity contribution is 0.294. The molecule has 2 aromatic rings. The molecule has 0 aliphatic rings. The molecular weight excluding hydrogens is 234 g/mol. The number of allylic oxidation sites excluding steroid dienone is 1. The van der Waals surface area contributed by atoms with Crippen LogP contribution in [0.4, 0.5) is 0 Å². The first-order valence-corrected chi connectivity index (χ1v) is 5.65. The third-order valence-electron chi connectivity index (χ3n) is 2.25. The minimum atomic E-state index is 0.362. The monoisotopic (exact) mass is 247 g/mol. The van der Waals surface area contributed by atoms with Gasteiger partial charge in [0, 0.05) is 0 Å². The molecule has 0 atom stereocenters. The average molecular weight is 247 g/mol. The lowest BCUT2D eigenvalue weighted by Crippen LogP contribution is -2.00. The summed E-state index contributed by atoms with van der Waals surface area (Å²) in [6, 6.07) is 7.87. The third-order valence-corrected chi connectivity index (χ3v) is 2.44. The van der Waals surface area contributed by atoms with E-state index in [9.17, 15) is 0 Å². The highest BCUT2D eigenvalue weighted by molar-refractivity contribution is 7.71. The summed E-state index contributed by atoms with van der Waals surface area (Å²) in [4.78, 5) is 4.06. The molecular formula is C12H13N3OS. The highest BCUT2D eigenvalue weighted by Crippen LogP contribution is 2.19. The topological polar surface area (TPSA) is 53.7 Å². The van der Waals surface area contributed by atoms with Crippen molar-refractivity contribution < 1.29 is 4.74 Å². The Morgan fingerprint density at radius 2 is 2.18 bits per heavy atom. The van der Waals surface area contributed by atoms with Crippen molar-refractivity contribution in [1.29, 1.82) is 0 Å². The number of para-hydroxylation sites is 1. The molecule has 0 saturated carbocycles. The number of rotatable bonds is 5. The molecule has 0 amide bonds. The van der Waals surface area contributed by atoms with Crippen molar-refractivity contribution in [3.63, 3.8) is 0 Å². The molecule has 0 bridgehead atoms. The largest absolute Gasteiger partial charge is 0.485 e. The van der Waals surface area contributed by atoms with Crippen LogP contribution in [-0.2, 0) is 13.0 Å². The molecule has 1 heterocycles. The summed E-state index contributed by atoms with van der Waals surface area (Å²) < 4.78 is 6.11. The maximum Gasteiger partial charge on any atom is 0.213 e. The Hall–Kier alpha value is -1.88. The predicted molar refractivity (Wildman–Crippen MR) is 68.4 cm³/mol. The zero-order valence-corrected chi connectivity index (χ0v) is 10.1. The second-order valence-corrected chi connectivity index (χ2v) is 3.89. The normalized spacial score (nSPS) is 10.1. The summed E-state index contributed by atoms with van der Waals surface area (Å²) in [6.45, 7) is 4.09. The molecule has 0 aliphatic carbocycles. The maximum absolute atomic E-state index is 5.68. The molecule has 1 aromatic carbocycles. The van der Waals surface area contributed by atoms with Crippen LogP contribution in [0.15, 0.2) is 36.9 Å². The van der Waals surface area contributed by atoms with Crippen LogP contribution in [0.1, 0.15) is 11.4 Å². The molecule has 88 valence electrons. The first-order valence-electron chi connectivity index (χ1n) is 5.25. The smallest absolute Gasteiger partial charge is 0.213 e. The Bertz CT molecular complexity index is 559. The highest BCUT2D eigenvalue weighted by Gasteiger charge is 2.03. The van der Waals surface area contributed by atoms with Gasteiger partial charge in [-0.15, -0.1) is 6.58 Å². The molecule has 0 unspecified atom stereocenters. The van der Waals surface area contributed by atoms with Gasteiger partial charge in [0.05, 0.1) is 0 Å². The van der Waals surface area contributed by atoms with Gasteiger partial charge in [0.15, 0.2) is 5.82 Å². The Morgan fingerprint density at radius 1 is 1.35 bits per heavy atom. The molecule has 4 nitrogen and oxygen atoms in total. The number of nitrogens with zero attached hydrogens (tertiary/aromatic N) is 1. The van der Waals surface area contributed by atoms with Crippen molar-refractivity contribution in [1.82, 2.24) is 15.2 Å². The van der Waals surface area contributed by atoms with Gasteiger partial charge < -0.3 is 4.74 Å². The van der Waals surface area contributed by atoms with Crippen LogP contribution in [0.2, 0.25) is 0 Å². The van der Waals surface area contributed by atoms with Gasteiger partial charge in [0.1, 0.15) is 12.4 Å². The van der Waals surface area contributed by atoms with Gasteiger partial charge in [-0.1, -0.05) is 24.3 Å². The van der Waals surface area contributed by atoms with Crippen molar-refractivity contribution in [2.24, 2.45) is 0 Å². The number of aromatic amines is 2. The van der Waals surface area contributed by atoms with Gasteiger partial charge in [0.25, 0.3) is 0 Å². The second kappa shape index (κ2) is 5.45. The second-order valence-electron chi connectivity index (χ2n) is 3.50. The molecule has 0 saturated heterocycles. The molecule has 0 fully saturated rings. The van der Waals surface area contributed by atoms with E-state index in [0.717, 1.165) is 17.7 Å². The summed E-state index contributed by atoms with van der Waals surface area (Å²) in [6.07, 6.45) is 2.64. The number of hydrogen-bond donors (Lipinski definition) is 2. The van der Waals surface area contributed by atoms with Gasteiger partial charge >= 0.3 is 0 Å². The molecule has 0 aliphatic heterocycles. The first kappa shape index (κ1) is 11.6. The van der Waals surface area contributed by atoms with Gasteiger partial charge in [-0.2, -0.15) is 0 Å². The van der Waals surface area contributed by atoms with E-state index in [1.165, 1.54) is 0 Å². The van der Waals surface area contributed by atoms with E-state index in [0.29, 0.717) is 17.2 Å². The molecule has 17 heavy (non-hydrogen) atoms. The van der Waals surface area contributed by atoms with Gasteiger partial charge in [-0.05, 0) is 30.3 Å². The predicted octanol–water partition coefficient (Wildman–Crippen LogP) is 2.77. The van der Waals surface area contributed by atoms with Crippen LogP contribution >= 0.6 is 12.2 Å². The van der Waals surface area contributed by atoms with Gasteiger partial charge in [-0.3, -0.25) is 10.2 Å². The maximum atomic E-state index is 5.68. The Balaban J connectivity index is 2.08. The fraction of sp³-hybridized carbons (Fsp3) is 0.167. The number of ether oxygens (including phenoxy) is 1. The minimum Gasteiger partial charge on any atom is -0.485 e. The lowest BCUT2D eigenvalue weighted by atomic mass is 10.1. The van der Waals surface area contributed by atoms with E-state index in [-0.39, 0.29) is 0 Å². The summed E-state index contributed by atoms with van der Waals surface area (Å²) in [5, 5.41) is 5.57. The minimum absolute atomic E-state index is 0.362. The van der Waals surface area contributed by atoms with E-state index in [1.807, 2.05) is 30.3 Å². The third kappa shape index (κ3) is 3.04. The number of aromatic nitrogens is 3. The summed E-state index contributed by atoms with van der Waals surface area (Å²) in [7, 11) is 0. The molecule has 5 heteroatoms. The fourth-order valence-electron chi connectivity index (χ4n) is 1.49. The summed E-state index contributed by atoms with van der Waals surface area (Å²) in [5.41, 5.74) is 1.11. The van der Waals surface area contributed by atoms with E-state index in [4.69, 9.17) is 17.0 Å². The number of nitrogens with one attached hydrogen (secondary N) is 2. The van der Waals surface area contributed by atoms with E-state index in [2.05, 4.69) is 21.8 Å². The van der Waals surface area contributed by atoms with Crippen molar-refractivity contribution in [3.05, 3.63) is 53.1 Å². The van der Waals surface area contributed by atoms with Crippen molar-refractivity contribution in [3.8, 4) is 5.75 Å². The number of hydrogen-bond acceptors (Lipinski definition) is 3. The van der Waals surface area contributed by atoms with Crippen LogP contribution in [-0.4, -0.2) is 15.2 Å². The standard InChI is InChI=1S/C12H13N3OS/c1-2-5-9-6-3-4-7-10(9)16-8-11-13-12(17)15-14-11/h2-4,6-7H,1,5,8H2,(H2,13,14,15,17). The molecule has 0 radical (unpaired) electrons. The highest BCUT2D eigenvalue weighted by atomic mass is 32.1. The SMILES string of the molecule is C=CCc1ccccc1OCc1nc(=S)[nH][nH]1. The van der Waals surface area contributed by atoms with E-state index < -0.39 is 0 Å². The zero-order valence-electron chi connectivity index (χ0n) is 9.27. The summed E-state index contributed by atoms with van der Waals surface area (Å²) in [5.74, 6) is 1.53. The Kier molecular flexibility index (Phi) is 3.72. The van der Waals surface area contributed by atoms with Crippen molar-refractivity contribution in [2.45, 2.75) is 13.0 Å². The average Bonchev–Trinajstić information content (AvgIpc) is 2.74. The number of H-pyrrole nitrogens is 2. The van der Waals surface area contributed by atoms with Crippen molar-refractivity contribution in [2.75, 3.05) is 0 Å². The zero-order chi connectivity index (χ0) is 12.1. The molecule has 2 rings (SSSR count). The van der Waals surface area contributed by atoms with Crippen molar-refractivity contribution >= 4 is 12.2 Å². The van der Waals surface area contributed by atoms with Crippen LogP contribution in [0, 0.1) is 4.77 Å². The Morgan fingerprint density at radius 3 is 2.88 bits per heavy atom. The lowest BCUT2D eigenvalue weighted by Gasteiger charge is -2.08. The Labute approximate surface area is 104 Å². The molecule has 0 spiro atoms. The van der Waals surface area contributed by atoms with E-state index in [1.54, 1.807) is 0 Å². The molecule has 1 aromatic heterocycles. The quantitative estimate of drug-likeness (QED) is 0.631. The van der Waals surface area contributed by atoms with Crippen LogP contribution in [0.25, 0.3) is 0 Å². The van der Waals surface area contributed by atoms with Gasteiger partial charge in [-0.25, -0.2) is 4.98 Å². The van der Waals surface area contributed by atoms with Crippen LogP contribution in [0.3, 0.4) is 0 Å². The van der Waals surface area contributed by atoms with E-state index >= 15 is 0 Å². The summed E-state index contributed by atoms with van der Waals surface area (Å²) >= 11 is 4.86. The van der Waals surface area contributed by atoms with Crippen LogP contribution < -0.4 is 4.74 Å². The van der Waals surface area contributed by atoms with Crippen LogP contribution in [0.5, 0.6) is 5.75 Å². The number of benzene rings is 1. The fourth-order valence-corrected chi connectivity index (χ4v) is 1.65. The molecule has 2 N–H and O–H groups in total.